The van der Waals surface area contributed by atoms with Crippen LogP contribution in [0.3, 0.4) is 0 Å². The van der Waals surface area contributed by atoms with Crippen LogP contribution in [0.2, 0.25) is 0 Å². The van der Waals surface area contributed by atoms with E-state index in [4.69, 9.17) is 0 Å². The summed E-state index contributed by atoms with van der Waals surface area (Å²) in [4.78, 5) is 12.2. The summed E-state index contributed by atoms with van der Waals surface area (Å²) in [7, 11) is 0. The molecule has 3 nitrogen and oxygen atoms in total. The van der Waals surface area contributed by atoms with Crippen molar-refractivity contribution in [1.82, 2.24) is 10.6 Å². The fourth-order valence-corrected chi connectivity index (χ4v) is 3.24. The Balaban J connectivity index is 1.80. The van der Waals surface area contributed by atoms with Gasteiger partial charge in [0.1, 0.15) is 0 Å². The van der Waals surface area contributed by atoms with E-state index in [1.54, 1.807) is 0 Å². The number of hydrogen-bond donors (Lipinski definition) is 2. The Bertz CT molecular complexity index is 261. The summed E-state index contributed by atoms with van der Waals surface area (Å²) in [6.45, 7) is 6.18. The van der Waals surface area contributed by atoms with Gasteiger partial charge in [-0.1, -0.05) is 26.2 Å². The molecule has 1 aliphatic heterocycles. The molecule has 0 unspecified atom stereocenters. The molecule has 1 heterocycles. The Morgan fingerprint density at radius 2 is 1.94 bits per heavy atom. The van der Waals surface area contributed by atoms with Crippen LogP contribution in [0.4, 0.5) is 0 Å². The third-order valence-electron chi connectivity index (χ3n) is 4.58. The third-order valence-corrected chi connectivity index (χ3v) is 4.58. The topological polar surface area (TPSA) is 41.1 Å². The minimum absolute atomic E-state index is 0.182. The summed E-state index contributed by atoms with van der Waals surface area (Å²) in [6.07, 6.45) is 6.64. The summed E-state index contributed by atoms with van der Waals surface area (Å²) in [5.74, 6) is 1.63. The van der Waals surface area contributed by atoms with Crippen molar-refractivity contribution in [2.45, 2.75) is 52.0 Å². The third kappa shape index (κ3) is 3.21. The predicted molar refractivity (Wildman–Crippen MR) is 69.7 cm³/mol. The van der Waals surface area contributed by atoms with Gasteiger partial charge in [0, 0.05) is 12.6 Å². The van der Waals surface area contributed by atoms with Crippen LogP contribution < -0.4 is 10.6 Å². The summed E-state index contributed by atoms with van der Waals surface area (Å²) in [5.41, 5.74) is 0. The number of rotatable bonds is 3. The molecule has 0 bridgehead atoms. The minimum atomic E-state index is 0.182. The molecule has 3 heteroatoms. The van der Waals surface area contributed by atoms with E-state index in [-0.39, 0.29) is 11.8 Å². The first-order valence-corrected chi connectivity index (χ1v) is 7.19. The highest BCUT2D eigenvalue weighted by Crippen LogP contribution is 2.26. The normalized spacial score (nSPS) is 32.4. The lowest BCUT2D eigenvalue weighted by Gasteiger charge is -2.29. The van der Waals surface area contributed by atoms with Crippen molar-refractivity contribution < 1.29 is 4.79 Å². The van der Waals surface area contributed by atoms with Gasteiger partial charge in [0.15, 0.2) is 0 Å². The highest BCUT2D eigenvalue weighted by molar-refractivity contribution is 5.79. The van der Waals surface area contributed by atoms with E-state index < -0.39 is 0 Å². The van der Waals surface area contributed by atoms with Crippen molar-refractivity contribution in [1.29, 1.82) is 0 Å². The van der Waals surface area contributed by atoms with Crippen molar-refractivity contribution in [3.8, 4) is 0 Å². The molecule has 0 aromatic heterocycles. The van der Waals surface area contributed by atoms with Crippen molar-refractivity contribution >= 4 is 5.91 Å². The molecule has 0 aromatic rings. The molecular weight excluding hydrogens is 212 g/mol. The molecule has 0 spiro atoms. The van der Waals surface area contributed by atoms with Crippen LogP contribution in [0.1, 0.15) is 46.0 Å². The first-order valence-electron chi connectivity index (χ1n) is 7.19. The first kappa shape index (κ1) is 12.9. The minimum Gasteiger partial charge on any atom is -0.353 e. The van der Waals surface area contributed by atoms with Gasteiger partial charge in [-0.2, -0.15) is 0 Å². The number of hydrogen-bond acceptors (Lipinski definition) is 2. The summed E-state index contributed by atoms with van der Waals surface area (Å²) < 4.78 is 0. The second-order valence-corrected chi connectivity index (χ2v) is 5.94. The molecule has 17 heavy (non-hydrogen) atoms. The fourth-order valence-electron chi connectivity index (χ4n) is 3.24. The number of nitrogens with one attached hydrogen (secondary N) is 2. The molecule has 2 aliphatic rings. The lowest BCUT2D eigenvalue weighted by Crippen LogP contribution is -2.43. The number of amides is 1. The van der Waals surface area contributed by atoms with Gasteiger partial charge in [0.25, 0.3) is 0 Å². The van der Waals surface area contributed by atoms with Gasteiger partial charge >= 0.3 is 0 Å². The van der Waals surface area contributed by atoms with Gasteiger partial charge in [-0.25, -0.2) is 0 Å². The molecule has 0 aromatic carbocycles. The molecular formula is C14H26N2O. The first-order chi connectivity index (χ1) is 8.18. The monoisotopic (exact) mass is 238 g/mol. The maximum Gasteiger partial charge on any atom is 0.224 e. The Morgan fingerprint density at radius 1 is 1.24 bits per heavy atom. The Labute approximate surface area is 105 Å². The summed E-state index contributed by atoms with van der Waals surface area (Å²) >= 11 is 0. The van der Waals surface area contributed by atoms with Crippen LogP contribution in [-0.2, 0) is 4.79 Å². The van der Waals surface area contributed by atoms with Crippen LogP contribution in [0.15, 0.2) is 0 Å². The molecule has 1 amide bonds. The maximum absolute atomic E-state index is 12.2. The Morgan fingerprint density at radius 3 is 2.53 bits per heavy atom. The van der Waals surface area contributed by atoms with Gasteiger partial charge in [0.2, 0.25) is 5.91 Å². The fraction of sp³-hybridized carbons (Fsp3) is 0.929. The maximum atomic E-state index is 12.2. The number of carbonyl (C=O) groups is 1. The highest BCUT2D eigenvalue weighted by atomic mass is 16.2. The molecule has 1 aliphatic carbocycles. The van der Waals surface area contributed by atoms with Crippen LogP contribution in [0.25, 0.3) is 0 Å². The van der Waals surface area contributed by atoms with Crippen LogP contribution >= 0.6 is 0 Å². The highest BCUT2D eigenvalue weighted by Gasteiger charge is 2.31. The average molecular weight is 238 g/mol. The molecule has 2 fully saturated rings. The number of carbonyl (C=O) groups excluding carboxylic acids is 1. The van der Waals surface area contributed by atoms with Crippen LogP contribution in [0.5, 0.6) is 0 Å². The van der Waals surface area contributed by atoms with Gasteiger partial charge in [-0.15, -0.1) is 0 Å². The van der Waals surface area contributed by atoms with E-state index in [2.05, 4.69) is 24.5 Å². The molecule has 98 valence electrons. The zero-order chi connectivity index (χ0) is 12.3. The predicted octanol–water partition coefficient (Wildman–Crippen LogP) is 1.93. The lowest BCUT2D eigenvalue weighted by molar-refractivity contribution is -0.126. The Kier molecular flexibility index (Phi) is 4.43. The zero-order valence-electron chi connectivity index (χ0n) is 11.2. The van der Waals surface area contributed by atoms with Gasteiger partial charge in [-0.3, -0.25) is 4.79 Å². The lowest BCUT2D eigenvalue weighted by atomic mass is 9.84. The molecule has 0 radical (unpaired) electrons. The zero-order valence-corrected chi connectivity index (χ0v) is 11.2. The van der Waals surface area contributed by atoms with E-state index in [1.165, 1.54) is 32.1 Å². The van der Waals surface area contributed by atoms with E-state index in [9.17, 15) is 4.79 Å². The van der Waals surface area contributed by atoms with Crippen molar-refractivity contribution in [3.63, 3.8) is 0 Å². The van der Waals surface area contributed by atoms with Crippen LogP contribution in [0, 0.1) is 17.8 Å². The van der Waals surface area contributed by atoms with Gasteiger partial charge in [-0.05, 0) is 38.1 Å². The Hall–Kier alpha value is -0.570. The van der Waals surface area contributed by atoms with Crippen molar-refractivity contribution in [3.05, 3.63) is 0 Å². The average Bonchev–Trinajstić information content (AvgIpc) is 2.76. The molecule has 3 atom stereocenters. The van der Waals surface area contributed by atoms with Crippen molar-refractivity contribution in [2.24, 2.45) is 17.8 Å². The van der Waals surface area contributed by atoms with Crippen LogP contribution in [-0.4, -0.2) is 25.0 Å². The second kappa shape index (κ2) is 5.85. The quantitative estimate of drug-likeness (QED) is 0.789. The second-order valence-electron chi connectivity index (χ2n) is 5.94. The standard InChI is InChI=1S/C14H26N2O/c1-10-8-15-9-13(10)14(17)16-11(2)12-6-4-3-5-7-12/h10-13,15H,3-9H2,1-2H3,(H,16,17)/t10-,11+,13-/m1/s1. The SMILES string of the molecule is C[C@H](NC(=O)[C@@H]1CNC[C@H]1C)C1CCCCC1. The van der Waals surface area contributed by atoms with E-state index in [0.717, 1.165) is 13.1 Å². The van der Waals surface area contributed by atoms with E-state index in [0.29, 0.717) is 17.9 Å². The smallest absolute Gasteiger partial charge is 0.224 e. The van der Waals surface area contributed by atoms with Gasteiger partial charge < -0.3 is 10.6 Å². The summed E-state index contributed by atoms with van der Waals surface area (Å²) in [6, 6.07) is 0.357. The summed E-state index contributed by atoms with van der Waals surface area (Å²) in [5, 5.41) is 6.54. The van der Waals surface area contributed by atoms with E-state index >= 15 is 0 Å². The molecule has 2 N–H and O–H groups in total. The molecule has 2 rings (SSSR count). The molecule has 1 saturated carbocycles. The largest absolute Gasteiger partial charge is 0.353 e. The molecule has 1 saturated heterocycles. The van der Waals surface area contributed by atoms with Crippen molar-refractivity contribution in [2.75, 3.05) is 13.1 Å². The van der Waals surface area contributed by atoms with Gasteiger partial charge in [0.05, 0.1) is 5.92 Å². The van der Waals surface area contributed by atoms with E-state index in [1.807, 2.05) is 0 Å².